The summed E-state index contributed by atoms with van der Waals surface area (Å²) >= 11 is 6.20. The summed E-state index contributed by atoms with van der Waals surface area (Å²) in [4.78, 5) is 32.2. The Morgan fingerprint density at radius 2 is 1.87 bits per heavy atom. The molecule has 0 radical (unpaired) electrons. The van der Waals surface area contributed by atoms with Crippen LogP contribution in [0, 0.1) is 11.3 Å². The number of nitriles is 1. The summed E-state index contributed by atoms with van der Waals surface area (Å²) in [7, 11) is 0. The lowest BCUT2D eigenvalue weighted by Crippen LogP contribution is -2.36. The molecule has 7 nitrogen and oxygen atoms in total. The molecule has 1 aromatic carbocycles. The van der Waals surface area contributed by atoms with E-state index in [4.69, 9.17) is 16.3 Å². The molecule has 31 heavy (non-hydrogen) atoms. The van der Waals surface area contributed by atoms with E-state index in [0.717, 1.165) is 19.3 Å². The third-order valence-electron chi connectivity index (χ3n) is 5.06. The number of halogens is 1. The van der Waals surface area contributed by atoms with Crippen LogP contribution in [0.5, 0.6) is 11.6 Å². The first-order valence-electron chi connectivity index (χ1n) is 9.93. The topological polar surface area (TPSA) is 87.7 Å². The van der Waals surface area contributed by atoms with Gasteiger partial charge in [-0.2, -0.15) is 10.2 Å². The van der Waals surface area contributed by atoms with E-state index < -0.39 is 11.5 Å². The summed E-state index contributed by atoms with van der Waals surface area (Å²) in [6.45, 7) is 1.19. The standard InChI is InChI=1S/C23H19ClN4O3/c24-18-8-2-3-9-19(18)31-21-17(23(30)28-13-7-4-10-20(28)26-21)14-16(15-25)22(29)27-11-5-1-6-12-27/h2-4,7-10,13-14H,1,5-6,11-12H2. The van der Waals surface area contributed by atoms with Crippen molar-refractivity contribution in [2.75, 3.05) is 13.1 Å². The minimum atomic E-state index is -0.452. The molecule has 3 heterocycles. The fourth-order valence-electron chi connectivity index (χ4n) is 3.47. The zero-order chi connectivity index (χ0) is 21.8. The van der Waals surface area contributed by atoms with Gasteiger partial charge in [-0.3, -0.25) is 14.0 Å². The highest BCUT2D eigenvalue weighted by Crippen LogP contribution is 2.30. The molecular formula is C23H19ClN4O3. The molecule has 3 aromatic rings. The number of carbonyl (C=O) groups excluding carboxylic acids is 1. The molecule has 0 spiro atoms. The average molecular weight is 435 g/mol. The van der Waals surface area contributed by atoms with Gasteiger partial charge in [-0.1, -0.05) is 29.8 Å². The highest BCUT2D eigenvalue weighted by Gasteiger charge is 2.22. The number of aromatic nitrogens is 2. The van der Waals surface area contributed by atoms with E-state index in [2.05, 4.69) is 4.98 Å². The average Bonchev–Trinajstić information content (AvgIpc) is 2.81. The van der Waals surface area contributed by atoms with Crippen molar-refractivity contribution in [1.82, 2.24) is 14.3 Å². The number of fused-ring (bicyclic) bond motifs is 1. The van der Waals surface area contributed by atoms with Crippen molar-refractivity contribution < 1.29 is 9.53 Å². The number of hydrogen-bond acceptors (Lipinski definition) is 5. The van der Waals surface area contributed by atoms with Gasteiger partial charge in [-0.25, -0.2) is 0 Å². The summed E-state index contributed by atoms with van der Waals surface area (Å²) in [6.07, 6.45) is 5.68. The second-order valence-electron chi connectivity index (χ2n) is 7.12. The molecule has 4 rings (SSSR count). The van der Waals surface area contributed by atoms with Gasteiger partial charge in [-0.15, -0.1) is 0 Å². The quantitative estimate of drug-likeness (QED) is 0.456. The normalized spacial score (nSPS) is 14.3. The number of benzene rings is 1. The van der Waals surface area contributed by atoms with Crippen LogP contribution >= 0.6 is 11.6 Å². The molecule has 0 N–H and O–H groups in total. The Kier molecular flexibility index (Phi) is 6.01. The lowest BCUT2D eigenvalue weighted by Gasteiger charge is -2.26. The van der Waals surface area contributed by atoms with Gasteiger partial charge >= 0.3 is 0 Å². The lowest BCUT2D eigenvalue weighted by molar-refractivity contribution is -0.127. The molecule has 0 bridgehead atoms. The van der Waals surface area contributed by atoms with Crippen molar-refractivity contribution in [1.29, 1.82) is 5.26 Å². The molecular weight excluding hydrogens is 416 g/mol. The highest BCUT2D eigenvalue weighted by atomic mass is 35.5. The van der Waals surface area contributed by atoms with Crippen LogP contribution in [0.15, 0.2) is 59.0 Å². The molecule has 8 heteroatoms. The minimum absolute atomic E-state index is 0.00512. The highest BCUT2D eigenvalue weighted by molar-refractivity contribution is 6.32. The number of carbonyl (C=O) groups is 1. The molecule has 156 valence electrons. The van der Waals surface area contributed by atoms with E-state index in [0.29, 0.717) is 29.5 Å². The second-order valence-corrected chi connectivity index (χ2v) is 7.53. The van der Waals surface area contributed by atoms with Crippen molar-refractivity contribution in [2.45, 2.75) is 19.3 Å². The zero-order valence-corrected chi connectivity index (χ0v) is 17.4. The van der Waals surface area contributed by atoms with Gasteiger partial charge in [0.1, 0.15) is 28.6 Å². The number of hydrogen-bond donors (Lipinski definition) is 0. The molecule has 1 aliphatic heterocycles. The monoisotopic (exact) mass is 434 g/mol. The number of likely N-dealkylation sites (tertiary alicyclic amines) is 1. The number of piperidine rings is 1. The van der Waals surface area contributed by atoms with E-state index in [1.54, 1.807) is 53.6 Å². The number of ether oxygens (including phenoxy) is 1. The largest absolute Gasteiger partial charge is 0.437 e. The van der Waals surface area contributed by atoms with Crippen LogP contribution in [-0.4, -0.2) is 33.3 Å². The van der Waals surface area contributed by atoms with Gasteiger partial charge < -0.3 is 9.64 Å². The van der Waals surface area contributed by atoms with E-state index in [9.17, 15) is 14.9 Å². The van der Waals surface area contributed by atoms with Crippen molar-refractivity contribution in [3.8, 4) is 17.7 Å². The maximum Gasteiger partial charge on any atom is 0.269 e. The Bertz CT molecular complexity index is 1270. The Labute approximate surface area is 183 Å². The van der Waals surface area contributed by atoms with E-state index in [-0.39, 0.29) is 17.0 Å². The summed E-state index contributed by atoms with van der Waals surface area (Å²) in [5.74, 6) is -0.112. The number of rotatable bonds is 4. The Morgan fingerprint density at radius 3 is 2.61 bits per heavy atom. The van der Waals surface area contributed by atoms with Crippen molar-refractivity contribution in [2.24, 2.45) is 0 Å². The molecule has 0 atom stereocenters. The SMILES string of the molecule is N#CC(=Cc1c(Oc2ccccc2Cl)nc2ccccn2c1=O)C(=O)N1CCCCC1. The van der Waals surface area contributed by atoms with Crippen LogP contribution in [0.25, 0.3) is 11.7 Å². The van der Waals surface area contributed by atoms with Gasteiger partial charge in [0.15, 0.2) is 0 Å². The predicted octanol–water partition coefficient (Wildman–Crippen LogP) is 4.06. The van der Waals surface area contributed by atoms with E-state index >= 15 is 0 Å². The summed E-state index contributed by atoms with van der Waals surface area (Å²) < 4.78 is 7.20. The van der Waals surface area contributed by atoms with Crippen molar-refractivity contribution in [3.05, 3.63) is 75.2 Å². The molecule has 1 fully saturated rings. The van der Waals surface area contributed by atoms with Crippen LogP contribution in [0.3, 0.4) is 0 Å². The minimum Gasteiger partial charge on any atom is -0.437 e. The van der Waals surface area contributed by atoms with Crippen LogP contribution in [0.4, 0.5) is 0 Å². The first-order valence-corrected chi connectivity index (χ1v) is 10.3. The molecule has 0 unspecified atom stereocenters. The fraction of sp³-hybridized carbons (Fsp3) is 0.217. The first kappa shape index (κ1) is 20.6. The van der Waals surface area contributed by atoms with E-state index in [1.165, 1.54) is 10.5 Å². The molecule has 2 aromatic heterocycles. The zero-order valence-electron chi connectivity index (χ0n) is 16.6. The van der Waals surface area contributed by atoms with Gasteiger partial charge in [-0.05, 0) is 49.6 Å². The fourth-order valence-corrected chi connectivity index (χ4v) is 3.64. The Balaban J connectivity index is 1.84. The van der Waals surface area contributed by atoms with Gasteiger partial charge in [0.2, 0.25) is 5.88 Å². The molecule has 1 amide bonds. The number of para-hydroxylation sites is 1. The third kappa shape index (κ3) is 4.30. The maximum atomic E-state index is 13.2. The van der Waals surface area contributed by atoms with Gasteiger partial charge in [0.25, 0.3) is 11.5 Å². The maximum absolute atomic E-state index is 13.2. The summed E-state index contributed by atoms with van der Waals surface area (Å²) in [6, 6.07) is 13.8. The van der Waals surface area contributed by atoms with Gasteiger partial charge in [0, 0.05) is 19.3 Å². The lowest BCUT2D eigenvalue weighted by atomic mass is 10.1. The third-order valence-corrected chi connectivity index (χ3v) is 5.37. The Hall–Kier alpha value is -3.63. The van der Waals surface area contributed by atoms with Crippen LogP contribution in [0.1, 0.15) is 24.8 Å². The van der Waals surface area contributed by atoms with Crippen molar-refractivity contribution >= 4 is 29.2 Å². The van der Waals surface area contributed by atoms with Crippen LogP contribution in [0.2, 0.25) is 5.02 Å². The number of nitrogens with zero attached hydrogens (tertiary/aromatic N) is 4. The smallest absolute Gasteiger partial charge is 0.269 e. The number of amides is 1. The molecule has 0 saturated carbocycles. The Morgan fingerprint density at radius 1 is 1.13 bits per heavy atom. The first-order chi connectivity index (χ1) is 15.1. The summed E-state index contributed by atoms with van der Waals surface area (Å²) in [5, 5.41) is 10.0. The molecule has 1 aliphatic rings. The van der Waals surface area contributed by atoms with Crippen LogP contribution < -0.4 is 10.3 Å². The van der Waals surface area contributed by atoms with Crippen molar-refractivity contribution in [3.63, 3.8) is 0 Å². The molecule has 0 aliphatic carbocycles. The van der Waals surface area contributed by atoms with Crippen LogP contribution in [-0.2, 0) is 4.79 Å². The summed E-state index contributed by atoms with van der Waals surface area (Å²) in [5.41, 5.74) is -0.217. The van der Waals surface area contributed by atoms with Gasteiger partial charge in [0.05, 0.1) is 5.02 Å². The number of pyridine rings is 1. The predicted molar refractivity (Wildman–Crippen MR) is 117 cm³/mol. The van der Waals surface area contributed by atoms with E-state index in [1.807, 2.05) is 6.07 Å². The molecule has 1 saturated heterocycles. The second kappa shape index (κ2) is 9.02.